The SMILES string of the molecule is O=C(OCc1cc(-c2cccs2)on1)C1CCN(C(=O)c2ccc(F)cc2)CC1. The fourth-order valence-corrected chi connectivity index (χ4v) is 3.94. The smallest absolute Gasteiger partial charge is 0.309 e. The Morgan fingerprint density at radius 3 is 2.66 bits per heavy atom. The Kier molecular flexibility index (Phi) is 5.71. The standard InChI is InChI=1S/C21H19FN2O4S/c22-16-5-3-14(4-6-16)20(25)24-9-7-15(8-10-24)21(26)27-13-17-12-18(28-23-17)19-2-1-11-29-19/h1-6,11-12,15H,7-10,13H2. The number of carbonyl (C=O) groups is 2. The number of esters is 1. The van der Waals surface area contributed by atoms with Gasteiger partial charge in [-0.2, -0.15) is 0 Å². The molecule has 0 aliphatic carbocycles. The predicted molar refractivity (Wildman–Crippen MR) is 105 cm³/mol. The van der Waals surface area contributed by atoms with Gasteiger partial charge in [0.15, 0.2) is 5.76 Å². The maximum atomic E-state index is 13.0. The molecule has 0 saturated carbocycles. The highest BCUT2D eigenvalue weighted by atomic mass is 32.1. The van der Waals surface area contributed by atoms with Crippen molar-refractivity contribution in [2.24, 2.45) is 5.92 Å². The van der Waals surface area contributed by atoms with Crippen LogP contribution in [-0.4, -0.2) is 35.0 Å². The molecule has 0 spiro atoms. The lowest BCUT2D eigenvalue weighted by Gasteiger charge is -2.31. The van der Waals surface area contributed by atoms with E-state index in [-0.39, 0.29) is 30.2 Å². The Labute approximate surface area is 170 Å². The highest BCUT2D eigenvalue weighted by Crippen LogP contribution is 2.26. The van der Waals surface area contributed by atoms with Crippen LogP contribution in [0.4, 0.5) is 4.39 Å². The van der Waals surface area contributed by atoms with E-state index in [9.17, 15) is 14.0 Å². The summed E-state index contributed by atoms with van der Waals surface area (Å²) in [4.78, 5) is 27.5. The van der Waals surface area contributed by atoms with E-state index in [1.807, 2.05) is 17.5 Å². The van der Waals surface area contributed by atoms with Crippen molar-refractivity contribution in [2.75, 3.05) is 13.1 Å². The highest BCUT2D eigenvalue weighted by Gasteiger charge is 2.29. The number of nitrogens with zero attached hydrogens (tertiary/aromatic N) is 2. The fourth-order valence-electron chi connectivity index (χ4n) is 3.27. The van der Waals surface area contributed by atoms with Crippen LogP contribution >= 0.6 is 11.3 Å². The number of halogens is 1. The van der Waals surface area contributed by atoms with E-state index in [2.05, 4.69) is 5.16 Å². The molecule has 0 atom stereocenters. The fraction of sp³-hybridized carbons (Fsp3) is 0.286. The molecular weight excluding hydrogens is 395 g/mol. The molecule has 3 heterocycles. The van der Waals surface area contributed by atoms with E-state index in [0.717, 1.165) is 4.88 Å². The lowest BCUT2D eigenvalue weighted by molar-refractivity contribution is -0.151. The Balaban J connectivity index is 1.26. The second-order valence-electron chi connectivity index (χ2n) is 6.84. The molecule has 4 rings (SSSR count). The number of ether oxygens (including phenoxy) is 1. The van der Waals surface area contributed by atoms with Gasteiger partial charge >= 0.3 is 5.97 Å². The summed E-state index contributed by atoms with van der Waals surface area (Å²) < 4.78 is 23.7. The maximum Gasteiger partial charge on any atom is 0.309 e. The third-order valence-corrected chi connectivity index (χ3v) is 5.78. The third kappa shape index (κ3) is 4.54. The van der Waals surface area contributed by atoms with Crippen molar-refractivity contribution in [2.45, 2.75) is 19.4 Å². The van der Waals surface area contributed by atoms with E-state index >= 15 is 0 Å². The van der Waals surface area contributed by atoms with E-state index < -0.39 is 0 Å². The summed E-state index contributed by atoms with van der Waals surface area (Å²) in [6.45, 7) is 0.980. The normalized spacial score (nSPS) is 14.7. The zero-order valence-corrected chi connectivity index (χ0v) is 16.4. The van der Waals surface area contributed by atoms with Gasteiger partial charge in [-0.25, -0.2) is 4.39 Å². The van der Waals surface area contributed by atoms with Gasteiger partial charge in [0.2, 0.25) is 0 Å². The van der Waals surface area contributed by atoms with Crippen molar-refractivity contribution in [1.29, 1.82) is 0 Å². The minimum Gasteiger partial charge on any atom is -0.459 e. The molecule has 0 unspecified atom stereocenters. The van der Waals surface area contributed by atoms with Crippen LogP contribution in [0.1, 0.15) is 28.9 Å². The van der Waals surface area contributed by atoms with E-state index in [1.165, 1.54) is 24.3 Å². The number of benzene rings is 1. The monoisotopic (exact) mass is 414 g/mol. The zero-order chi connectivity index (χ0) is 20.2. The van der Waals surface area contributed by atoms with Gasteiger partial charge < -0.3 is 14.2 Å². The number of likely N-dealkylation sites (tertiary alicyclic amines) is 1. The first-order chi connectivity index (χ1) is 14.1. The van der Waals surface area contributed by atoms with Crippen LogP contribution in [0, 0.1) is 11.7 Å². The van der Waals surface area contributed by atoms with Crippen LogP contribution < -0.4 is 0 Å². The van der Waals surface area contributed by atoms with Gasteiger partial charge in [-0.15, -0.1) is 11.3 Å². The van der Waals surface area contributed by atoms with Crippen molar-refractivity contribution in [1.82, 2.24) is 10.1 Å². The van der Waals surface area contributed by atoms with Crippen molar-refractivity contribution in [3.05, 3.63) is 64.9 Å². The van der Waals surface area contributed by atoms with Gasteiger partial charge in [0, 0.05) is 24.7 Å². The lowest BCUT2D eigenvalue weighted by atomic mass is 9.96. The minimum atomic E-state index is -0.377. The van der Waals surface area contributed by atoms with Crippen molar-refractivity contribution < 1.29 is 23.2 Å². The summed E-state index contributed by atoms with van der Waals surface area (Å²) in [7, 11) is 0. The second kappa shape index (κ2) is 8.57. The molecule has 8 heteroatoms. The Bertz CT molecular complexity index is 977. The summed E-state index contributed by atoms with van der Waals surface area (Å²) >= 11 is 1.55. The summed E-state index contributed by atoms with van der Waals surface area (Å²) in [5.74, 6) is -0.424. The van der Waals surface area contributed by atoms with Crippen LogP contribution in [0.5, 0.6) is 0 Å². The number of aromatic nitrogens is 1. The molecule has 0 radical (unpaired) electrons. The Morgan fingerprint density at radius 1 is 1.21 bits per heavy atom. The Morgan fingerprint density at radius 2 is 1.97 bits per heavy atom. The molecular formula is C21H19FN2O4S. The predicted octanol–water partition coefficient (Wildman–Crippen LogP) is 4.14. The number of rotatable bonds is 5. The highest BCUT2D eigenvalue weighted by molar-refractivity contribution is 7.13. The first-order valence-corrected chi connectivity index (χ1v) is 10.2. The molecule has 1 amide bonds. The van der Waals surface area contributed by atoms with Crippen molar-refractivity contribution in [3.8, 4) is 10.6 Å². The Hall–Kier alpha value is -3.00. The summed E-state index contributed by atoms with van der Waals surface area (Å²) in [5, 5.41) is 5.89. The van der Waals surface area contributed by atoms with Gasteiger partial charge in [-0.3, -0.25) is 9.59 Å². The number of amides is 1. The average Bonchev–Trinajstić information content (AvgIpc) is 3.44. The second-order valence-corrected chi connectivity index (χ2v) is 7.79. The van der Waals surface area contributed by atoms with Crippen molar-refractivity contribution in [3.63, 3.8) is 0 Å². The van der Waals surface area contributed by atoms with Gasteiger partial charge in [-0.05, 0) is 48.6 Å². The molecule has 1 aliphatic heterocycles. The molecule has 3 aromatic rings. The molecule has 6 nitrogen and oxygen atoms in total. The third-order valence-electron chi connectivity index (χ3n) is 4.89. The van der Waals surface area contributed by atoms with Crippen LogP contribution in [-0.2, 0) is 16.1 Å². The van der Waals surface area contributed by atoms with Crippen LogP contribution in [0.25, 0.3) is 10.6 Å². The first kappa shape index (κ1) is 19.3. The minimum absolute atomic E-state index is 0.0580. The molecule has 29 heavy (non-hydrogen) atoms. The summed E-state index contributed by atoms with van der Waals surface area (Å²) in [5.41, 5.74) is 1.01. The topological polar surface area (TPSA) is 72.6 Å². The van der Waals surface area contributed by atoms with Gasteiger partial charge in [0.25, 0.3) is 5.91 Å². The number of carbonyl (C=O) groups excluding carboxylic acids is 2. The van der Waals surface area contributed by atoms with E-state index in [1.54, 1.807) is 22.3 Å². The zero-order valence-electron chi connectivity index (χ0n) is 15.5. The first-order valence-electron chi connectivity index (χ1n) is 9.31. The van der Waals surface area contributed by atoms with Gasteiger partial charge in [-0.1, -0.05) is 11.2 Å². The molecule has 0 N–H and O–H groups in total. The lowest BCUT2D eigenvalue weighted by Crippen LogP contribution is -2.40. The summed E-state index contributed by atoms with van der Waals surface area (Å²) in [6.07, 6.45) is 1.07. The quantitative estimate of drug-likeness (QED) is 0.587. The summed E-state index contributed by atoms with van der Waals surface area (Å²) in [6, 6.07) is 11.1. The van der Waals surface area contributed by atoms with Crippen LogP contribution in [0.15, 0.2) is 52.4 Å². The molecule has 1 saturated heterocycles. The molecule has 1 aliphatic rings. The number of thiophene rings is 1. The molecule has 2 aromatic heterocycles. The molecule has 0 bridgehead atoms. The van der Waals surface area contributed by atoms with Crippen LogP contribution in [0.3, 0.4) is 0 Å². The van der Waals surface area contributed by atoms with Crippen molar-refractivity contribution >= 4 is 23.2 Å². The number of hydrogen-bond acceptors (Lipinski definition) is 6. The van der Waals surface area contributed by atoms with E-state index in [0.29, 0.717) is 42.9 Å². The van der Waals surface area contributed by atoms with Gasteiger partial charge in [0.1, 0.15) is 18.1 Å². The van der Waals surface area contributed by atoms with Crippen LogP contribution in [0.2, 0.25) is 0 Å². The number of hydrogen-bond donors (Lipinski definition) is 0. The average molecular weight is 414 g/mol. The molecule has 1 fully saturated rings. The molecule has 1 aromatic carbocycles. The van der Waals surface area contributed by atoms with Gasteiger partial charge in [0.05, 0.1) is 10.8 Å². The maximum absolute atomic E-state index is 13.0. The largest absolute Gasteiger partial charge is 0.459 e. The molecule has 150 valence electrons. The number of piperidine rings is 1. The van der Waals surface area contributed by atoms with E-state index in [4.69, 9.17) is 9.26 Å².